The maximum absolute atomic E-state index is 12.4. The van der Waals surface area contributed by atoms with Crippen LogP contribution in [0.5, 0.6) is 0 Å². The molecule has 1 saturated heterocycles. The summed E-state index contributed by atoms with van der Waals surface area (Å²) in [5.74, 6) is -0.242. The Balaban J connectivity index is 1.69. The molecule has 0 spiro atoms. The van der Waals surface area contributed by atoms with Crippen molar-refractivity contribution >= 4 is 67.5 Å². The second-order valence-corrected chi connectivity index (χ2v) is 8.48. The van der Waals surface area contributed by atoms with Crippen LogP contribution in [0.4, 0.5) is 4.79 Å². The maximum atomic E-state index is 12.4. The standard InChI is InChI=1S/C19H13BrINO2S/c20-15-8-4-13(5-9-15)2-1-3-17-18(23)22(19(24)25-17)12-14-6-10-16(21)11-7-14/h1-11H,12H2/b2-1+,17-3-. The topological polar surface area (TPSA) is 37.4 Å². The zero-order valence-electron chi connectivity index (χ0n) is 13.0. The van der Waals surface area contributed by atoms with E-state index in [0.29, 0.717) is 11.4 Å². The van der Waals surface area contributed by atoms with Crippen molar-refractivity contribution in [3.8, 4) is 0 Å². The van der Waals surface area contributed by atoms with E-state index in [1.165, 1.54) is 4.90 Å². The Morgan fingerprint density at radius 3 is 2.40 bits per heavy atom. The minimum atomic E-state index is -0.242. The first-order valence-corrected chi connectivity index (χ1v) is 10.1. The van der Waals surface area contributed by atoms with Gasteiger partial charge >= 0.3 is 0 Å². The fourth-order valence-corrected chi connectivity index (χ4v) is 3.66. The molecular weight excluding hydrogens is 513 g/mol. The van der Waals surface area contributed by atoms with Crippen LogP contribution >= 0.6 is 50.3 Å². The molecule has 0 atom stereocenters. The molecule has 0 N–H and O–H groups in total. The molecule has 2 aromatic carbocycles. The van der Waals surface area contributed by atoms with Gasteiger partial charge in [-0.25, -0.2) is 0 Å². The number of nitrogens with zero attached hydrogens (tertiary/aromatic N) is 1. The lowest BCUT2D eigenvalue weighted by Crippen LogP contribution is -2.27. The summed E-state index contributed by atoms with van der Waals surface area (Å²) in [5.41, 5.74) is 1.96. The van der Waals surface area contributed by atoms with Gasteiger partial charge in [0.25, 0.3) is 11.1 Å². The molecule has 1 fully saturated rings. The highest BCUT2D eigenvalue weighted by molar-refractivity contribution is 14.1. The van der Waals surface area contributed by atoms with Crippen molar-refractivity contribution in [1.82, 2.24) is 4.90 Å². The zero-order chi connectivity index (χ0) is 17.8. The van der Waals surface area contributed by atoms with Crippen molar-refractivity contribution in [2.75, 3.05) is 0 Å². The number of carbonyl (C=O) groups is 2. The fraction of sp³-hybridized carbons (Fsp3) is 0.0526. The van der Waals surface area contributed by atoms with Crippen LogP contribution in [0.1, 0.15) is 11.1 Å². The molecule has 1 heterocycles. The Kier molecular flexibility index (Phi) is 6.14. The van der Waals surface area contributed by atoms with Crippen molar-refractivity contribution in [3.05, 3.63) is 84.8 Å². The summed E-state index contributed by atoms with van der Waals surface area (Å²) in [7, 11) is 0. The summed E-state index contributed by atoms with van der Waals surface area (Å²) < 4.78 is 2.13. The van der Waals surface area contributed by atoms with E-state index in [1.807, 2.05) is 54.6 Å². The molecule has 126 valence electrons. The first-order chi connectivity index (χ1) is 12.0. The number of hydrogen-bond acceptors (Lipinski definition) is 3. The number of imide groups is 1. The first-order valence-electron chi connectivity index (χ1n) is 7.45. The predicted octanol–water partition coefficient (Wildman–Crippen LogP) is 5.85. The van der Waals surface area contributed by atoms with Crippen molar-refractivity contribution < 1.29 is 9.59 Å². The van der Waals surface area contributed by atoms with Crippen molar-refractivity contribution in [2.45, 2.75) is 6.54 Å². The molecule has 0 saturated carbocycles. The third-order valence-corrected chi connectivity index (χ3v) is 5.71. The van der Waals surface area contributed by atoms with Gasteiger partial charge in [-0.3, -0.25) is 14.5 Å². The smallest absolute Gasteiger partial charge is 0.268 e. The normalized spacial score (nSPS) is 16.4. The Bertz CT molecular complexity index is 860. The number of halogens is 2. The minimum Gasteiger partial charge on any atom is -0.268 e. The molecule has 25 heavy (non-hydrogen) atoms. The van der Waals surface area contributed by atoms with Crippen molar-refractivity contribution in [1.29, 1.82) is 0 Å². The molecule has 3 rings (SSSR count). The summed E-state index contributed by atoms with van der Waals surface area (Å²) in [6, 6.07) is 15.6. The molecule has 0 radical (unpaired) electrons. The Hall–Kier alpha value is -1.38. The van der Waals surface area contributed by atoms with Crippen LogP contribution in [0.3, 0.4) is 0 Å². The lowest BCUT2D eigenvalue weighted by Gasteiger charge is -2.12. The van der Waals surface area contributed by atoms with Crippen LogP contribution in [0.15, 0.2) is 70.1 Å². The number of allylic oxidation sites excluding steroid dienone is 2. The van der Waals surface area contributed by atoms with E-state index in [1.54, 1.807) is 12.2 Å². The summed E-state index contributed by atoms with van der Waals surface area (Å²) >= 11 is 6.60. The van der Waals surface area contributed by atoms with E-state index < -0.39 is 0 Å². The number of thioether (sulfide) groups is 1. The van der Waals surface area contributed by atoms with Gasteiger partial charge in [0.1, 0.15) is 0 Å². The molecule has 0 aliphatic carbocycles. The Labute approximate surface area is 172 Å². The highest BCUT2D eigenvalue weighted by atomic mass is 127. The molecular formula is C19H13BrINO2S. The Morgan fingerprint density at radius 1 is 1.04 bits per heavy atom. The van der Waals surface area contributed by atoms with Gasteiger partial charge in [-0.15, -0.1) is 0 Å². The SMILES string of the molecule is O=C1S/C(=C\C=C\c2ccc(Br)cc2)C(=O)N1Cc1ccc(I)cc1. The van der Waals surface area contributed by atoms with Gasteiger partial charge in [-0.1, -0.05) is 52.3 Å². The molecule has 1 aliphatic heterocycles. The van der Waals surface area contributed by atoms with E-state index in [0.717, 1.165) is 30.9 Å². The number of amides is 2. The fourth-order valence-electron chi connectivity index (χ4n) is 2.24. The van der Waals surface area contributed by atoms with Crippen LogP contribution in [-0.4, -0.2) is 16.0 Å². The summed E-state index contributed by atoms with van der Waals surface area (Å²) in [6.07, 6.45) is 5.39. The van der Waals surface area contributed by atoms with Gasteiger partial charge in [0.15, 0.2) is 0 Å². The molecule has 0 unspecified atom stereocenters. The average Bonchev–Trinajstić information content (AvgIpc) is 2.86. The molecule has 0 aromatic heterocycles. The molecule has 2 aromatic rings. The van der Waals surface area contributed by atoms with E-state index in [-0.39, 0.29) is 11.1 Å². The van der Waals surface area contributed by atoms with Crippen LogP contribution in [0, 0.1) is 3.57 Å². The quantitative estimate of drug-likeness (QED) is 0.371. The second kappa shape index (κ2) is 8.33. The first kappa shape index (κ1) is 18.4. The van der Waals surface area contributed by atoms with Gasteiger partial charge in [-0.2, -0.15) is 0 Å². The zero-order valence-corrected chi connectivity index (χ0v) is 17.5. The van der Waals surface area contributed by atoms with Crippen LogP contribution in [-0.2, 0) is 11.3 Å². The summed E-state index contributed by atoms with van der Waals surface area (Å²) in [4.78, 5) is 26.3. The van der Waals surface area contributed by atoms with Crippen molar-refractivity contribution in [2.24, 2.45) is 0 Å². The molecule has 1 aliphatic rings. The van der Waals surface area contributed by atoms with E-state index >= 15 is 0 Å². The maximum Gasteiger partial charge on any atom is 0.293 e. The monoisotopic (exact) mass is 525 g/mol. The number of hydrogen-bond donors (Lipinski definition) is 0. The van der Waals surface area contributed by atoms with Gasteiger partial charge in [0.05, 0.1) is 11.4 Å². The third-order valence-electron chi connectivity index (χ3n) is 3.53. The van der Waals surface area contributed by atoms with E-state index in [4.69, 9.17) is 0 Å². The van der Waals surface area contributed by atoms with E-state index in [9.17, 15) is 9.59 Å². The predicted molar refractivity (Wildman–Crippen MR) is 114 cm³/mol. The minimum absolute atomic E-state index is 0.230. The highest BCUT2D eigenvalue weighted by Crippen LogP contribution is 2.32. The molecule has 3 nitrogen and oxygen atoms in total. The van der Waals surface area contributed by atoms with Gasteiger partial charge in [-0.05, 0) is 75.8 Å². The second-order valence-electron chi connectivity index (χ2n) is 5.33. The average molecular weight is 526 g/mol. The number of carbonyl (C=O) groups excluding carboxylic acids is 2. The van der Waals surface area contributed by atoms with Crippen LogP contribution in [0.25, 0.3) is 6.08 Å². The molecule has 6 heteroatoms. The largest absolute Gasteiger partial charge is 0.293 e. The van der Waals surface area contributed by atoms with Crippen molar-refractivity contribution in [3.63, 3.8) is 0 Å². The van der Waals surface area contributed by atoms with Gasteiger partial charge in [0, 0.05) is 8.04 Å². The van der Waals surface area contributed by atoms with Crippen LogP contribution < -0.4 is 0 Å². The molecule has 2 amide bonds. The lowest BCUT2D eigenvalue weighted by molar-refractivity contribution is -0.123. The third kappa shape index (κ3) is 4.83. The van der Waals surface area contributed by atoms with E-state index in [2.05, 4.69) is 38.5 Å². The number of benzene rings is 2. The molecule has 0 bridgehead atoms. The highest BCUT2D eigenvalue weighted by Gasteiger charge is 2.34. The lowest BCUT2D eigenvalue weighted by atomic mass is 10.2. The van der Waals surface area contributed by atoms with Gasteiger partial charge in [0.2, 0.25) is 0 Å². The Morgan fingerprint density at radius 2 is 1.72 bits per heavy atom. The van der Waals surface area contributed by atoms with Gasteiger partial charge < -0.3 is 0 Å². The summed E-state index contributed by atoms with van der Waals surface area (Å²) in [5, 5.41) is -0.230. The number of rotatable bonds is 4. The van der Waals surface area contributed by atoms with Crippen LogP contribution in [0.2, 0.25) is 0 Å². The summed E-state index contributed by atoms with van der Waals surface area (Å²) in [6.45, 7) is 0.301.